The summed E-state index contributed by atoms with van der Waals surface area (Å²) in [6.45, 7) is 4.81. The second kappa shape index (κ2) is 6.96. The molecule has 0 fully saturated rings. The van der Waals surface area contributed by atoms with E-state index in [0.717, 1.165) is 22.6 Å². The molecular weight excluding hydrogens is 252 g/mol. The second-order valence-corrected chi connectivity index (χ2v) is 4.59. The first-order valence-electron chi connectivity index (χ1n) is 6.80. The van der Waals surface area contributed by atoms with Gasteiger partial charge in [-0.05, 0) is 49.2 Å². The summed E-state index contributed by atoms with van der Waals surface area (Å²) < 4.78 is 11.0. The van der Waals surface area contributed by atoms with Gasteiger partial charge in [-0.2, -0.15) is 0 Å². The van der Waals surface area contributed by atoms with Crippen molar-refractivity contribution < 1.29 is 14.6 Å². The lowest BCUT2D eigenvalue weighted by Crippen LogP contribution is -2.10. The number of aryl methyl sites for hydroxylation is 1. The van der Waals surface area contributed by atoms with Gasteiger partial charge >= 0.3 is 0 Å². The third-order valence-corrected chi connectivity index (χ3v) is 3.09. The standard InChI is InChI=1S/C17H20O3/c1-3-19-14-8-10-15(11-9-14)20-12-17(18)16-7-5-4-6-13(16)2/h4-11,17-18H,3,12H2,1-2H3. The van der Waals surface area contributed by atoms with Gasteiger partial charge in [-0.3, -0.25) is 0 Å². The normalized spacial score (nSPS) is 11.9. The summed E-state index contributed by atoms with van der Waals surface area (Å²) in [4.78, 5) is 0. The van der Waals surface area contributed by atoms with Crippen molar-refractivity contribution in [2.24, 2.45) is 0 Å². The van der Waals surface area contributed by atoms with Crippen LogP contribution in [0.2, 0.25) is 0 Å². The molecule has 0 saturated carbocycles. The minimum atomic E-state index is -0.622. The Labute approximate surface area is 119 Å². The van der Waals surface area contributed by atoms with Crippen LogP contribution in [0.4, 0.5) is 0 Å². The van der Waals surface area contributed by atoms with Crippen LogP contribution < -0.4 is 9.47 Å². The topological polar surface area (TPSA) is 38.7 Å². The molecule has 0 aliphatic heterocycles. The van der Waals surface area contributed by atoms with E-state index in [9.17, 15) is 5.11 Å². The van der Waals surface area contributed by atoms with E-state index in [0.29, 0.717) is 6.61 Å². The highest BCUT2D eigenvalue weighted by atomic mass is 16.5. The van der Waals surface area contributed by atoms with Crippen molar-refractivity contribution in [3.63, 3.8) is 0 Å². The molecular formula is C17H20O3. The van der Waals surface area contributed by atoms with Gasteiger partial charge in [0.05, 0.1) is 6.61 Å². The van der Waals surface area contributed by atoms with Gasteiger partial charge in [0.15, 0.2) is 0 Å². The van der Waals surface area contributed by atoms with Gasteiger partial charge in [0.2, 0.25) is 0 Å². The second-order valence-electron chi connectivity index (χ2n) is 4.59. The van der Waals surface area contributed by atoms with E-state index in [1.165, 1.54) is 0 Å². The number of ether oxygens (including phenoxy) is 2. The Morgan fingerprint density at radius 2 is 1.55 bits per heavy atom. The first-order valence-corrected chi connectivity index (χ1v) is 6.80. The molecule has 0 radical (unpaired) electrons. The number of benzene rings is 2. The molecule has 1 N–H and O–H groups in total. The van der Waals surface area contributed by atoms with Gasteiger partial charge in [-0.1, -0.05) is 24.3 Å². The van der Waals surface area contributed by atoms with E-state index < -0.39 is 6.10 Å². The fourth-order valence-electron chi connectivity index (χ4n) is 2.02. The molecule has 0 bridgehead atoms. The zero-order chi connectivity index (χ0) is 14.4. The number of rotatable bonds is 6. The van der Waals surface area contributed by atoms with Crippen molar-refractivity contribution in [2.45, 2.75) is 20.0 Å². The lowest BCUT2D eigenvalue weighted by molar-refractivity contribution is 0.107. The number of hydrogen-bond donors (Lipinski definition) is 1. The largest absolute Gasteiger partial charge is 0.494 e. The lowest BCUT2D eigenvalue weighted by Gasteiger charge is -2.15. The molecule has 1 atom stereocenters. The van der Waals surface area contributed by atoms with Gasteiger partial charge in [0.25, 0.3) is 0 Å². The Hall–Kier alpha value is -2.00. The van der Waals surface area contributed by atoms with Crippen molar-refractivity contribution in [3.8, 4) is 11.5 Å². The molecule has 0 saturated heterocycles. The maximum atomic E-state index is 10.2. The van der Waals surface area contributed by atoms with Crippen LogP contribution >= 0.6 is 0 Å². The smallest absolute Gasteiger partial charge is 0.119 e. The zero-order valence-electron chi connectivity index (χ0n) is 11.9. The van der Waals surface area contributed by atoms with Crippen LogP contribution in [0.1, 0.15) is 24.2 Å². The van der Waals surface area contributed by atoms with Gasteiger partial charge < -0.3 is 14.6 Å². The highest BCUT2D eigenvalue weighted by molar-refractivity contribution is 5.32. The number of aliphatic hydroxyl groups is 1. The Bertz CT molecular complexity index is 534. The third-order valence-electron chi connectivity index (χ3n) is 3.09. The first kappa shape index (κ1) is 14.4. The van der Waals surface area contributed by atoms with Crippen molar-refractivity contribution in [1.29, 1.82) is 0 Å². The summed E-state index contributed by atoms with van der Waals surface area (Å²) in [5.74, 6) is 1.54. The van der Waals surface area contributed by atoms with Gasteiger partial charge in [-0.15, -0.1) is 0 Å². The summed E-state index contributed by atoms with van der Waals surface area (Å²) in [7, 11) is 0. The Morgan fingerprint density at radius 3 is 2.15 bits per heavy atom. The molecule has 0 amide bonds. The molecule has 0 aliphatic rings. The zero-order valence-corrected chi connectivity index (χ0v) is 11.9. The third kappa shape index (κ3) is 3.75. The Morgan fingerprint density at radius 1 is 0.950 bits per heavy atom. The monoisotopic (exact) mass is 272 g/mol. The molecule has 2 rings (SSSR count). The molecule has 3 heteroatoms. The number of aliphatic hydroxyl groups excluding tert-OH is 1. The molecule has 0 heterocycles. The molecule has 106 valence electrons. The van der Waals surface area contributed by atoms with Crippen LogP contribution in [0.25, 0.3) is 0 Å². The molecule has 0 spiro atoms. The average molecular weight is 272 g/mol. The Kier molecular flexibility index (Phi) is 5.02. The van der Waals surface area contributed by atoms with Crippen molar-refractivity contribution in [1.82, 2.24) is 0 Å². The fraction of sp³-hybridized carbons (Fsp3) is 0.294. The number of hydrogen-bond acceptors (Lipinski definition) is 3. The van der Waals surface area contributed by atoms with E-state index in [2.05, 4.69) is 0 Å². The summed E-state index contributed by atoms with van der Waals surface area (Å²) in [5.41, 5.74) is 1.97. The highest BCUT2D eigenvalue weighted by Gasteiger charge is 2.10. The Balaban J connectivity index is 1.93. The van der Waals surface area contributed by atoms with Crippen LogP contribution in [-0.4, -0.2) is 18.3 Å². The summed E-state index contributed by atoms with van der Waals surface area (Å²) in [6.07, 6.45) is -0.622. The minimum Gasteiger partial charge on any atom is -0.494 e. The van der Waals surface area contributed by atoms with E-state index in [-0.39, 0.29) is 6.61 Å². The highest BCUT2D eigenvalue weighted by Crippen LogP contribution is 2.21. The van der Waals surface area contributed by atoms with E-state index >= 15 is 0 Å². The lowest BCUT2D eigenvalue weighted by atomic mass is 10.0. The van der Waals surface area contributed by atoms with Gasteiger partial charge in [0, 0.05) is 0 Å². The summed E-state index contributed by atoms with van der Waals surface area (Å²) in [6, 6.07) is 15.2. The summed E-state index contributed by atoms with van der Waals surface area (Å²) >= 11 is 0. The maximum Gasteiger partial charge on any atom is 0.119 e. The molecule has 20 heavy (non-hydrogen) atoms. The molecule has 2 aromatic carbocycles. The van der Waals surface area contributed by atoms with Crippen LogP contribution in [-0.2, 0) is 0 Å². The molecule has 3 nitrogen and oxygen atoms in total. The average Bonchev–Trinajstić information content (AvgIpc) is 2.47. The summed E-state index contributed by atoms with van der Waals surface area (Å²) in [5, 5.41) is 10.2. The van der Waals surface area contributed by atoms with Crippen LogP contribution in [0.15, 0.2) is 48.5 Å². The maximum absolute atomic E-state index is 10.2. The fourth-order valence-corrected chi connectivity index (χ4v) is 2.02. The predicted octanol–water partition coefficient (Wildman–Crippen LogP) is 3.51. The first-order chi connectivity index (χ1) is 9.70. The van der Waals surface area contributed by atoms with E-state index in [1.807, 2.05) is 62.4 Å². The predicted molar refractivity (Wildman–Crippen MR) is 79.2 cm³/mol. The van der Waals surface area contributed by atoms with Gasteiger partial charge in [0.1, 0.15) is 24.2 Å². The van der Waals surface area contributed by atoms with E-state index in [1.54, 1.807) is 0 Å². The van der Waals surface area contributed by atoms with Crippen LogP contribution in [0.3, 0.4) is 0 Å². The van der Waals surface area contributed by atoms with Crippen molar-refractivity contribution in [3.05, 3.63) is 59.7 Å². The molecule has 0 aliphatic carbocycles. The van der Waals surface area contributed by atoms with E-state index in [4.69, 9.17) is 9.47 Å². The van der Waals surface area contributed by atoms with Crippen LogP contribution in [0, 0.1) is 6.92 Å². The van der Waals surface area contributed by atoms with Gasteiger partial charge in [-0.25, -0.2) is 0 Å². The quantitative estimate of drug-likeness (QED) is 0.874. The molecule has 1 unspecified atom stereocenters. The van der Waals surface area contributed by atoms with Crippen LogP contribution in [0.5, 0.6) is 11.5 Å². The molecule has 0 aromatic heterocycles. The van der Waals surface area contributed by atoms with Crippen molar-refractivity contribution >= 4 is 0 Å². The minimum absolute atomic E-state index is 0.235. The SMILES string of the molecule is CCOc1ccc(OCC(O)c2ccccc2C)cc1. The molecule has 2 aromatic rings. The van der Waals surface area contributed by atoms with Crippen molar-refractivity contribution in [2.75, 3.05) is 13.2 Å².